The van der Waals surface area contributed by atoms with Gasteiger partial charge in [-0.15, -0.1) is 0 Å². The predicted molar refractivity (Wildman–Crippen MR) is 218 cm³/mol. The second-order valence-electron chi connectivity index (χ2n) is 12.9. The van der Waals surface area contributed by atoms with Gasteiger partial charge in [-0.25, -0.2) is 0 Å². The summed E-state index contributed by atoms with van der Waals surface area (Å²) in [6, 6.07) is 76.7. The van der Waals surface area contributed by atoms with Crippen LogP contribution in [0.1, 0.15) is 0 Å². The molecular formula is C50H35N. The van der Waals surface area contributed by atoms with Crippen LogP contribution < -0.4 is 4.90 Å². The van der Waals surface area contributed by atoms with E-state index < -0.39 is 0 Å². The quantitative estimate of drug-likeness (QED) is 0.166. The van der Waals surface area contributed by atoms with E-state index in [2.05, 4.69) is 217 Å². The third-order valence-corrected chi connectivity index (χ3v) is 9.86. The minimum Gasteiger partial charge on any atom is -0.309 e. The third-order valence-electron chi connectivity index (χ3n) is 9.86. The maximum atomic E-state index is 2.45. The van der Waals surface area contributed by atoms with Gasteiger partial charge in [0, 0.05) is 16.6 Å². The van der Waals surface area contributed by atoms with Crippen molar-refractivity contribution in [2.75, 3.05) is 4.90 Å². The molecule has 0 aromatic heterocycles. The maximum absolute atomic E-state index is 2.45. The standard InChI is InChI=1S/C50H35N/c1-2-17-37(18-3-1)43-24-8-9-26-45(43)46-27-10-11-28-47(46)48-29-12-13-30-50(48)51(49-31-15-21-38-19-6-7-25-44(38)49)42-23-14-22-40(35-42)41-33-32-36-16-4-5-20-39(36)34-41/h1-35H. The summed E-state index contributed by atoms with van der Waals surface area (Å²) in [5.74, 6) is 0. The van der Waals surface area contributed by atoms with Gasteiger partial charge in [0.15, 0.2) is 0 Å². The lowest BCUT2D eigenvalue weighted by molar-refractivity contribution is 1.30. The summed E-state index contributed by atoms with van der Waals surface area (Å²) in [6.45, 7) is 0. The van der Waals surface area contributed by atoms with Crippen LogP contribution in [0.4, 0.5) is 17.1 Å². The summed E-state index contributed by atoms with van der Waals surface area (Å²) in [5.41, 5.74) is 12.9. The third kappa shape index (κ3) is 5.75. The predicted octanol–water partition coefficient (Wildman–Crippen LogP) is 14.1. The average Bonchev–Trinajstić information content (AvgIpc) is 3.21. The number of fused-ring (bicyclic) bond motifs is 2. The minimum atomic E-state index is 1.10. The maximum Gasteiger partial charge on any atom is 0.0540 e. The van der Waals surface area contributed by atoms with Crippen molar-refractivity contribution in [2.45, 2.75) is 0 Å². The number of anilines is 3. The molecule has 9 aromatic carbocycles. The summed E-state index contributed by atoms with van der Waals surface area (Å²) in [7, 11) is 0. The summed E-state index contributed by atoms with van der Waals surface area (Å²) >= 11 is 0. The number of hydrogen-bond donors (Lipinski definition) is 0. The molecule has 1 nitrogen and oxygen atoms in total. The largest absolute Gasteiger partial charge is 0.309 e. The van der Waals surface area contributed by atoms with Gasteiger partial charge in [0.25, 0.3) is 0 Å². The van der Waals surface area contributed by atoms with Crippen molar-refractivity contribution in [3.8, 4) is 44.5 Å². The van der Waals surface area contributed by atoms with E-state index in [-0.39, 0.29) is 0 Å². The number of rotatable bonds is 7. The molecule has 0 heterocycles. The molecule has 0 saturated heterocycles. The van der Waals surface area contributed by atoms with E-state index in [0.29, 0.717) is 0 Å². The fraction of sp³-hybridized carbons (Fsp3) is 0. The van der Waals surface area contributed by atoms with Crippen LogP contribution in [0.2, 0.25) is 0 Å². The molecule has 0 unspecified atom stereocenters. The van der Waals surface area contributed by atoms with Crippen molar-refractivity contribution in [1.29, 1.82) is 0 Å². The minimum absolute atomic E-state index is 1.10. The van der Waals surface area contributed by atoms with Gasteiger partial charge in [0.2, 0.25) is 0 Å². The van der Waals surface area contributed by atoms with Gasteiger partial charge in [-0.3, -0.25) is 0 Å². The highest BCUT2D eigenvalue weighted by Crippen LogP contribution is 2.47. The summed E-state index contributed by atoms with van der Waals surface area (Å²) in [5, 5.41) is 4.90. The molecule has 51 heavy (non-hydrogen) atoms. The zero-order chi connectivity index (χ0) is 34.0. The van der Waals surface area contributed by atoms with Gasteiger partial charge in [-0.1, -0.05) is 182 Å². The molecule has 0 spiro atoms. The second kappa shape index (κ2) is 13.3. The van der Waals surface area contributed by atoms with Gasteiger partial charge in [-0.05, 0) is 85.4 Å². The Hall–Kier alpha value is -6.70. The zero-order valence-electron chi connectivity index (χ0n) is 28.2. The number of hydrogen-bond acceptors (Lipinski definition) is 1. The Morgan fingerprint density at radius 1 is 0.255 bits per heavy atom. The first-order valence-corrected chi connectivity index (χ1v) is 17.5. The number of benzene rings is 9. The molecule has 0 N–H and O–H groups in total. The van der Waals surface area contributed by atoms with Crippen LogP contribution in [0.5, 0.6) is 0 Å². The first kappa shape index (κ1) is 30.4. The Morgan fingerprint density at radius 3 is 1.57 bits per heavy atom. The molecule has 0 aliphatic carbocycles. The lowest BCUT2D eigenvalue weighted by Crippen LogP contribution is -2.12. The summed E-state index contributed by atoms with van der Waals surface area (Å²) < 4.78 is 0. The molecule has 0 atom stereocenters. The summed E-state index contributed by atoms with van der Waals surface area (Å²) in [6.07, 6.45) is 0. The van der Waals surface area contributed by atoms with E-state index in [1.165, 1.54) is 66.1 Å². The molecule has 1 heteroatoms. The molecular weight excluding hydrogens is 615 g/mol. The molecule has 240 valence electrons. The van der Waals surface area contributed by atoms with Crippen LogP contribution in [-0.2, 0) is 0 Å². The smallest absolute Gasteiger partial charge is 0.0540 e. The highest BCUT2D eigenvalue weighted by atomic mass is 15.1. The highest BCUT2D eigenvalue weighted by Gasteiger charge is 2.21. The Bertz CT molecular complexity index is 2650. The SMILES string of the molecule is c1ccc(-c2ccccc2-c2ccccc2-c2ccccc2N(c2cccc(-c3ccc4ccccc4c3)c2)c2cccc3ccccc23)cc1. The van der Waals surface area contributed by atoms with E-state index >= 15 is 0 Å². The Labute approximate surface area is 299 Å². The van der Waals surface area contributed by atoms with Crippen molar-refractivity contribution in [2.24, 2.45) is 0 Å². The van der Waals surface area contributed by atoms with Crippen LogP contribution in [0, 0.1) is 0 Å². The Balaban J connectivity index is 1.26. The fourth-order valence-corrected chi connectivity index (χ4v) is 7.44. The second-order valence-corrected chi connectivity index (χ2v) is 12.9. The highest BCUT2D eigenvalue weighted by molar-refractivity contribution is 6.03. The van der Waals surface area contributed by atoms with Crippen LogP contribution in [0.3, 0.4) is 0 Å². The van der Waals surface area contributed by atoms with Crippen molar-refractivity contribution in [3.63, 3.8) is 0 Å². The molecule has 0 saturated carbocycles. The monoisotopic (exact) mass is 649 g/mol. The van der Waals surface area contributed by atoms with Crippen LogP contribution in [0.15, 0.2) is 212 Å². The zero-order valence-corrected chi connectivity index (χ0v) is 28.2. The fourth-order valence-electron chi connectivity index (χ4n) is 7.44. The lowest BCUT2D eigenvalue weighted by atomic mass is 9.88. The van der Waals surface area contributed by atoms with Crippen LogP contribution >= 0.6 is 0 Å². The van der Waals surface area contributed by atoms with Crippen LogP contribution in [-0.4, -0.2) is 0 Å². The van der Waals surface area contributed by atoms with Crippen LogP contribution in [0.25, 0.3) is 66.1 Å². The van der Waals surface area contributed by atoms with Crippen molar-refractivity contribution in [3.05, 3.63) is 212 Å². The molecule has 0 radical (unpaired) electrons. The molecule has 0 bridgehead atoms. The van der Waals surface area contributed by atoms with Crippen molar-refractivity contribution in [1.82, 2.24) is 0 Å². The Morgan fingerprint density at radius 2 is 0.765 bits per heavy atom. The topological polar surface area (TPSA) is 3.24 Å². The number of para-hydroxylation sites is 1. The van der Waals surface area contributed by atoms with Crippen molar-refractivity contribution < 1.29 is 0 Å². The van der Waals surface area contributed by atoms with E-state index in [1.54, 1.807) is 0 Å². The average molecular weight is 650 g/mol. The summed E-state index contributed by atoms with van der Waals surface area (Å²) in [4.78, 5) is 2.45. The van der Waals surface area contributed by atoms with E-state index in [4.69, 9.17) is 0 Å². The lowest BCUT2D eigenvalue weighted by Gasteiger charge is -2.30. The van der Waals surface area contributed by atoms with Gasteiger partial charge in [0.05, 0.1) is 11.4 Å². The van der Waals surface area contributed by atoms with E-state index in [1.807, 2.05) is 0 Å². The normalized spacial score (nSPS) is 11.1. The van der Waals surface area contributed by atoms with E-state index in [0.717, 1.165) is 17.1 Å². The first-order chi connectivity index (χ1) is 25.3. The molecule has 0 aliphatic rings. The van der Waals surface area contributed by atoms with Gasteiger partial charge >= 0.3 is 0 Å². The molecule has 9 rings (SSSR count). The Kier molecular flexibility index (Phi) is 7.92. The number of nitrogens with zero attached hydrogens (tertiary/aromatic N) is 1. The van der Waals surface area contributed by atoms with Gasteiger partial charge in [0.1, 0.15) is 0 Å². The molecule has 0 amide bonds. The molecule has 9 aromatic rings. The van der Waals surface area contributed by atoms with Crippen molar-refractivity contribution >= 4 is 38.6 Å². The molecule has 0 aliphatic heterocycles. The van der Waals surface area contributed by atoms with Gasteiger partial charge in [-0.2, -0.15) is 0 Å². The van der Waals surface area contributed by atoms with Gasteiger partial charge < -0.3 is 4.90 Å². The molecule has 0 fully saturated rings. The first-order valence-electron chi connectivity index (χ1n) is 17.5. The van der Waals surface area contributed by atoms with E-state index in [9.17, 15) is 0 Å².